The highest BCUT2D eigenvalue weighted by Gasteiger charge is 2.21. The topological polar surface area (TPSA) is 12.4 Å². The maximum absolute atomic E-state index is 4.82. The molecule has 0 fully saturated rings. The largest absolute Gasteiger partial charge is 0.284 e. The average molecular weight is 309 g/mol. The van der Waals surface area contributed by atoms with E-state index in [0.29, 0.717) is 0 Å². The first kappa shape index (κ1) is 14.6. The predicted molar refractivity (Wildman–Crippen MR) is 101 cm³/mol. The molecule has 0 bridgehead atoms. The van der Waals surface area contributed by atoms with Gasteiger partial charge in [0.05, 0.1) is 5.71 Å². The zero-order valence-electron chi connectivity index (χ0n) is 13.5. The maximum atomic E-state index is 4.82. The molecule has 1 heteroatoms. The van der Waals surface area contributed by atoms with Crippen molar-refractivity contribution in [3.05, 3.63) is 113 Å². The molecule has 1 heterocycles. The van der Waals surface area contributed by atoms with Crippen molar-refractivity contribution in [1.82, 2.24) is 0 Å². The molecule has 0 radical (unpaired) electrons. The Morgan fingerprint density at radius 3 is 1.67 bits per heavy atom. The molecule has 0 saturated carbocycles. The van der Waals surface area contributed by atoms with E-state index in [-0.39, 0.29) is 0 Å². The van der Waals surface area contributed by atoms with E-state index in [1.165, 1.54) is 27.8 Å². The molecule has 3 aromatic carbocycles. The summed E-state index contributed by atoms with van der Waals surface area (Å²) < 4.78 is 0. The predicted octanol–water partition coefficient (Wildman–Crippen LogP) is 5.38. The molecule has 24 heavy (non-hydrogen) atoms. The zero-order chi connectivity index (χ0) is 16.2. The molecule has 0 amide bonds. The third kappa shape index (κ3) is 2.81. The number of aliphatic imine (C=N–C) groups is 1. The number of hydrogen-bond donors (Lipinski definition) is 0. The van der Waals surface area contributed by atoms with Crippen LogP contribution in [0.25, 0.3) is 5.57 Å². The van der Waals surface area contributed by atoms with Crippen LogP contribution in [0.4, 0.5) is 0 Å². The van der Waals surface area contributed by atoms with Crippen LogP contribution in [0.5, 0.6) is 0 Å². The van der Waals surface area contributed by atoms with Crippen LogP contribution >= 0.6 is 0 Å². The Labute approximate surface area is 143 Å². The highest BCUT2D eigenvalue weighted by Crippen LogP contribution is 2.33. The Hall–Kier alpha value is -2.93. The second-order valence-corrected chi connectivity index (χ2v) is 5.93. The lowest BCUT2D eigenvalue weighted by Gasteiger charge is -2.15. The molecule has 1 nitrogen and oxygen atoms in total. The Balaban J connectivity index is 1.93. The van der Waals surface area contributed by atoms with E-state index >= 15 is 0 Å². The second kappa shape index (κ2) is 6.67. The van der Waals surface area contributed by atoms with Gasteiger partial charge in [0.15, 0.2) is 0 Å². The third-order valence-electron chi connectivity index (χ3n) is 4.39. The molecule has 0 aliphatic carbocycles. The Morgan fingerprint density at radius 1 is 0.625 bits per heavy atom. The fraction of sp³-hybridized carbons (Fsp3) is 0.0870. The van der Waals surface area contributed by atoms with Gasteiger partial charge < -0.3 is 0 Å². The molecular weight excluding hydrogens is 290 g/mol. The highest BCUT2D eigenvalue weighted by molar-refractivity contribution is 6.19. The van der Waals surface area contributed by atoms with Crippen molar-refractivity contribution in [2.45, 2.75) is 6.42 Å². The van der Waals surface area contributed by atoms with Crippen molar-refractivity contribution in [3.63, 3.8) is 0 Å². The van der Waals surface area contributed by atoms with Crippen LogP contribution in [-0.4, -0.2) is 12.3 Å². The number of benzene rings is 3. The van der Waals surface area contributed by atoms with Crippen LogP contribution in [0, 0.1) is 0 Å². The number of rotatable bonds is 3. The highest BCUT2D eigenvalue weighted by atomic mass is 14.8. The molecule has 1 aliphatic rings. The van der Waals surface area contributed by atoms with Gasteiger partial charge in [-0.1, -0.05) is 91.0 Å². The lowest BCUT2D eigenvalue weighted by atomic mass is 9.88. The van der Waals surface area contributed by atoms with Gasteiger partial charge in [0.2, 0.25) is 0 Å². The first-order valence-electron chi connectivity index (χ1n) is 8.38. The van der Waals surface area contributed by atoms with Crippen LogP contribution < -0.4 is 0 Å². The van der Waals surface area contributed by atoms with Crippen LogP contribution in [0.2, 0.25) is 0 Å². The SMILES string of the molecule is c1ccc(C2=NCCC2=C(c2ccccc2)c2ccccc2)cc1. The average Bonchev–Trinajstić information content (AvgIpc) is 3.14. The summed E-state index contributed by atoms with van der Waals surface area (Å²) in [7, 11) is 0. The smallest absolute Gasteiger partial charge is 0.0685 e. The van der Waals surface area contributed by atoms with Gasteiger partial charge in [-0.2, -0.15) is 0 Å². The van der Waals surface area contributed by atoms with Gasteiger partial charge in [0.25, 0.3) is 0 Å². The minimum Gasteiger partial charge on any atom is -0.284 e. The molecule has 116 valence electrons. The van der Waals surface area contributed by atoms with Gasteiger partial charge in [0, 0.05) is 6.54 Å². The summed E-state index contributed by atoms with van der Waals surface area (Å²) in [5.74, 6) is 0. The van der Waals surface area contributed by atoms with Gasteiger partial charge in [-0.25, -0.2) is 0 Å². The molecular formula is C23H19N. The summed E-state index contributed by atoms with van der Waals surface area (Å²) in [4.78, 5) is 4.82. The summed E-state index contributed by atoms with van der Waals surface area (Å²) in [5, 5.41) is 0. The first-order valence-corrected chi connectivity index (χ1v) is 8.38. The zero-order valence-corrected chi connectivity index (χ0v) is 13.5. The molecule has 0 unspecified atom stereocenters. The quantitative estimate of drug-likeness (QED) is 0.616. The summed E-state index contributed by atoms with van der Waals surface area (Å²) in [6.07, 6.45) is 0.989. The summed E-state index contributed by atoms with van der Waals surface area (Å²) in [6.45, 7) is 0.864. The summed E-state index contributed by atoms with van der Waals surface area (Å²) >= 11 is 0. The lowest BCUT2D eigenvalue weighted by molar-refractivity contribution is 1.04. The van der Waals surface area contributed by atoms with E-state index in [9.17, 15) is 0 Å². The molecule has 1 aliphatic heterocycles. The Morgan fingerprint density at radius 2 is 1.12 bits per heavy atom. The van der Waals surface area contributed by atoms with Crippen molar-refractivity contribution in [1.29, 1.82) is 0 Å². The lowest BCUT2D eigenvalue weighted by Crippen LogP contribution is -2.04. The fourth-order valence-electron chi connectivity index (χ4n) is 3.32. The van der Waals surface area contributed by atoms with Gasteiger partial charge in [-0.05, 0) is 34.3 Å². The summed E-state index contributed by atoms with van der Waals surface area (Å²) in [5.41, 5.74) is 7.50. The minimum absolute atomic E-state index is 0.864. The second-order valence-electron chi connectivity index (χ2n) is 5.93. The maximum Gasteiger partial charge on any atom is 0.0685 e. The van der Waals surface area contributed by atoms with E-state index < -0.39 is 0 Å². The van der Waals surface area contributed by atoms with E-state index in [4.69, 9.17) is 4.99 Å². The van der Waals surface area contributed by atoms with Crippen molar-refractivity contribution in [3.8, 4) is 0 Å². The van der Waals surface area contributed by atoms with Crippen molar-refractivity contribution >= 4 is 11.3 Å². The van der Waals surface area contributed by atoms with Crippen LogP contribution in [0.1, 0.15) is 23.1 Å². The van der Waals surface area contributed by atoms with Gasteiger partial charge in [0.1, 0.15) is 0 Å². The Kier molecular flexibility index (Phi) is 4.07. The Bertz CT molecular complexity index is 834. The van der Waals surface area contributed by atoms with Gasteiger partial charge in [-0.15, -0.1) is 0 Å². The van der Waals surface area contributed by atoms with E-state index in [1.54, 1.807) is 0 Å². The van der Waals surface area contributed by atoms with E-state index in [0.717, 1.165) is 18.7 Å². The van der Waals surface area contributed by atoms with Crippen molar-refractivity contribution < 1.29 is 0 Å². The summed E-state index contributed by atoms with van der Waals surface area (Å²) in [6, 6.07) is 31.8. The minimum atomic E-state index is 0.864. The van der Waals surface area contributed by atoms with Crippen LogP contribution in [-0.2, 0) is 0 Å². The van der Waals surface area contributed by atoms with Crippen LogP contribution in [0.15, 0.2) is 102 Å². The molecule has 0 spiro atoms. The molecule has 4 rings (SSSR count). The van der Waals surface area contributed by atoms with Crippen molar-refractivity contribution in [2.75, 3.05) is 6.54 Å². The van der Waals surface area contributed by atoms with E-state index in [1.807, 2.05) is 0 Å². The normalized spacial score (nSPS) is 13.7. The monoisotopic (exact) mass is 309 g/mol. The standard InChI is InChI=1S/C23H19N/c1-4-10-18(11-5-1)22(19-12-6-2-7-13-19)21-16-17-24-23(21)20-14-8-3-9-15-20/h1-15H,16-17H2. The molecule has 0 saturated heterocycles. The van der Waals surface area contributed by atoms with Crippen LogP contribution in [0.3, 0.4) is 0 Å². The molecule has 3 aromatic rings. The molecule has 0 aromatic heterocycles. The molecule has 0 atom stereocenters. The molecule has 0 N–H and O–H groups in total. The fourth-order valence-corrected chi connectivity index (χ4v) is 3.32. The van der Waals surface area contributed by atoms with Gasteiger partial charge >= 0.3 is 0 Å². The first-order chi connectivity index (χ1) is 11.9. The van der Waals surface area contributed by atoms with Crippen molar-refractivity contribution in [2.24, 2.45) is 4.99 Å². The number of nitrogens with zero attached hydrogens (tertiary/aromatic N) is 1. The third-order valence-corrected chi connectivity index (χ3v) is 4.39. The van der Waals surface area contributed by atoms with Gasteiger partial charge in [-0.3, -0.25) is 4.99 Å². The van der Waals surface area contributed by atoms with E-state index in [2.05, 4.69) is 91.0 Å². The number of hydrogen-bond acceptors (Lipinski definition) is 1.